The number of aliphatic hydroxyl groups excluding tert-OH is 1. The molecule has 0 heterocycles. The molecule has 0 bridgehead atoms. The fraction of sp³-hybridized carbons (Fsp3) is 0.364. The summed E-state index contributed by atoms with van der Waals surface area (Å²) in [5, 5.41) is 18.1. The summed E-state index contributed by atoms with van der Waals surface area (Å²) in [6, 6.07) is 3.28. The van der Waals surface area contributed by atoms with E-state index >= 15 is 0 Å². The van der Waals surface area contributed by atoms with Crippen LogP contribution < -0.4 is 0 Å². The average Bonchev–Trinajstić information content (AvgIpc) is 2.13. The van der Waals surface area contributed by atoms with Crippen LogP contribution in [0.3, 0.4) is 0 Å². The number of aliphatic hydroxyl groups is 1. The number of carbonyl (C=O) groups excluding carboxylic acids is 1. The lowest BCUT2D eigenvalue weighted by molar-refractivity contribution is 0.0956. The number of phenols is 1. The molecule has 1 aromatic carbocycles. The molecule has 0 saturated carbocycles. The van der Waals surface area contributed by atoms with Gasteiger partial charge in [-0.1, -0.05) is 0 Å². The second kappa shape index (κ2) is 4.24. The van der Waals surface area contributed by atoms with Gasteiger partial charge in [-0.15, -0.1) is 0 Å². The zero-order valence-corrected chi connectivity index (χ0v) is 8.37. The van der Waals surface area contributed by atoms with Crippen molar-refractivity contribution in [3.05, 3.63) is 28.8 Å². The molecule has 76 valence electrons. The largest absolute Gasteiger partial charge is 0.507 e. The van der Waals surface area contributed by atoms with Gasteiger partial charge in [0.1, 0.15) is 5.75 Å². The fourth-order valence-corrected chi connectivity index (χ4v) is 1.36. The molecule has 0 aliphatic rings. The van der Waals surface area contributed by atoms with E-state index in [1.165, 1.54) is 0 Å². The predicted molar refractivity (Wildman–Crippen MR) is 53.6 cm³/mol. The lowest BCUT2D eigenvalue weighted by Crippen LogP contribution is -2.02. The summed E-state index contributed by atoms with van der Waals surface area (Å²) in [5.41, 5.74) is 1.92. The summed E-state index contributed by atoms with van der Waals surface area (Å²) in [6.07, 6.45) is 0.129. The van der Waals surface area contributed by atoms with Crippen molar-refractivity contribution in [3.8, 4) is 5.75 Å². The highest BCUT2D eigenvalue weighted by atomic mass is 16.3. The Morgan fingerprint density at radius 2 is 1.79 bits per heavy atom. The summed E-state index contributed by atoms with van der Waals surface area (Å²) in [6.45, 7) is 3.36. The predicted octanol–water partition coefficient (Wildman–Crippen LogP) is 1.57. The molecule has 0 aliphatic heterocycles. The molecule has 0 aromatic heterocycles. The Hall–Kier alpha value is -1.35. The summed E-state index contributed by atoms with van der Waals surface area (Å²) in [4.78, 5) is 11.4. The van der Waals surface area contributed by atoms with Crippen LogP contribution in [0.5, 0.6) is 5.75 Å². The molecule has 0 atom stereocenters. The average molecular weight is 194 g/mol. The molecule has 0 saturated heterocycles. The van der Waals surface area contributed by atoms with E-state index in [1.54, 1.807) is 26.0 Å². The lowest BCUT2D eigenvalue weighted by Gasteiger charge is -2.06. The maximum absolute atomic E-state index is 11.4. The van der Waals surface area contributed by atoms with Gasteiger partial charge in [-0.2, -0.15) is 0 Å². The van der Waals surface area contributed by atoms with Gasteiger partial charge in [0.2, 0.25) is 0 Å². The molecule has 3 heteroatoms. The van der Waals surface area contributed by atoms with E-state index in [2.05, 4.69) is 0 Å². The zero-order chi connectivity index (χ0) is 10.7. The van der Waals surface area contributed by atoms with E-state index in [1.807, 2.05) is 0 Å². The molecule has 0 radical (unpaired) electrons. The Balaban J connectivity index is 3.06. The third-order valence-corrected chi connectivity index (χ3v) is 2.15. The van der Waals surface area contributed by atoms with Crippen LogP contribution in [0.15, 0.2) is 12.1 Å². The first-order valence-electron chi connectivity index (χ1n) is 4.50. The van der Waals surface area contributed by atoms with Crippen molar-refractivity contribution in [2.45, 2.75) is 20.3 Å². The van der Waals surface area contributed by atoms with Crippen LogP contribution in [-0.4, -0.2) is 22.6 Å². The Bertz CT molecular complexity index is 333. The van der Waals surface area contributed by atoms with Gasteiger partial charge in [-0.25, -0.2) is 0 Å². The van der Waals surface area contributed by atoms with Gasteiger partial charge >= 0.3 is 0 Å². The minimum absolute atomic E-state index is 0.0984. The van der Waals surface area contributed by atoms with E-state index in [0.717, 1.165) is 0 Å². The van der Waals surface area contributed by atoms with Crippen LogP contribution in [0.25, 0.3) is 0 Å². The molecule has 0 fully saturated rings. The minimum atomic E-state index is -0.141. The molecule has 14 heavy (non-hydrogen) atoms. The Kier molecular flexibility index (Phi) is 3.25. The summed E-state index contributed by atoms with van der Waals surface area (Å²) in [5.74, 6) is 0.129. The highest BCUT2D eigenvalue weighted by molar-refractivity contribution is 5.96. The SMILES string of the molecule is Cc1cc(C(=O)CCO)cc(C)c1O. The van der Waals surface area contributed by atoms with Gasteiger partial charge < -0.3 is 10.2 Å². The third kappa shape index (κ3) is 2.12. The summed E-state index contributed by atoms with van der Waals surface area (Å²) in [7, 11) is 0. The molecule has 2 N–H and O–H groups in total. The third-order valence-electron chi connectivity index (χ3n) is 2.15. The van der Waals surface area contributed by atoms with E-state index in [-0.39, 0.29) is 24.6 Å². The van der Waals surface area contributed by atoms with Crippen LogP contribution >= 0.6 is 0 Å². The van der Waals surface area contributed by atoms with Crippen molar-refractivity contribution in [2.24, 2.45) is 0 Å². The van der Waals surface area contributed by atoms with Crippen LogP contribution in [0.1, 0.15) is 27.9 Å². The van der Waals surface area contributed by atoms with Gasteiger partial charge in [0.15, 0.2) is 5.78 Å². The molecule has 1 rings (SSSR count). The number of ketones is 1. The monoisotopic (exact) mass is 194 g/mol. The maximum Gasteiger partial charge on any atom is 0.165 e. The molecule has 1 aromatic rings. The fourth-order valence-electron chi connectivity index (χ4n) is 1.36. The second-order valence-corrected chi connectivity index (χ2v) is 3.36. The number of aromatic hydroxyl groups is 1. The summed E-state index contributed by atoms with van der Waals surface area (Å²) >= 11 is 0. The first-order valence-corrected chi connectivity index (χ1v) is 4.50. The van der Waals surface area contributed by atoms with E-state index in [4.69, 9.17) is 5.11 Å². The van der Waals surface area contributed by atoms with Gasteiger partial charge in [-0.3, -0.25) is 4.79 Å². The maximum atomic E-state index is 11.4. The quantitative estimate of drug-likeness (QED) is 0.718. The number of Topliss-reactive ketones (excluding diaryl/α,β-unsaturated/α-hetero) is 1. The Labute approximate surface area is 83.0 Å². The first-order chi connectivity index (χ1) is 6.56. The van der Waals surface area contributed by atoms with Crippen LogP contribution in [0.4, 0.5) is 0 Å². The van der Waals surface area contributed by atoms with Crippen LogP contribution in [0, 0.1) is 13.8 Å². The van der Waals surface area contributed by atoms with Crippen LogP contribution in [-0.2, 0) is 0 Å². The number of hydrogen-bond acceptors (Lipinski definition) is 3. The molecule has 0 unspecified atom stereocenters. The van der Waals surface area contributed by atoms with Crippen molar-refractivity contribution in [3.63, 3.8) is 0 Å². The second-order valence-electron chi connectivity index (χ2n) is 3.36. The number of hydrogen-bond donors (Lipinski definition) is 2. The van der Waals surface area contributed by atoms with Crippen molar-refractivity contribution in [1.29, 1.82) is 0 Å². The number of carbonyl (C=O) groups is 1. The topological polar surface area (TPSA) is 57.5 Å². The Morgan fingerprint density at radius 3 is 2.21 bits per heavy atom. The van der Waals surface area contributed by atoms with Crippen molar-refractivity contribution < 1.29 is 15.0 Å². The van der Waals surface area contributed by atoms with Crippen molar-refractivity contribution in [2.75, 3.05) is 6.61 Å². The van der Waals surface area contributed by atoms with Gasteiger partial charge in [0.05, 0.1) is 6.61 Å². The molecule has 0 amide bonds. The molecule has 3 nitrogen and oxygen atoms in total. The Morgan fingerprint density at radius 1 is 1.29 bits per heavy atom. The number of aryl methyl sites for hydroxylation is 2. The highest BCUT2D eigenvalue weighted by Gasteiger charge is 2.09. The van der Waals surface area contributed by atoms with Gasteiger partial charge in [-0.05, 0) is 37.1 Å². The van der Waals surface area contributed by atoms with E-state index in [9.17, 15) is 9.90 Å². The van der Waals surface area contributed by atoms with Gasteiger partial charge in [0, 0.05) is 12.0 Å². The van der Waals surface area contributed by atoms with Crippen molar-refractivity contribution >= 4 is 5.78 Å². The minimum Gasteiger partial charge on any atom is -0.507 e. The number of rotatable bonds is 3. The first kappa shape index (κ1) is 10.7. The number of benzene rings is 1. The van der Waals surface area contributed by atoms with E-state index in [0.29, 0.717) is 16.7 Å². The van der Waals surface area contributed by atoms with E-state index < -0.39 is 0 Å². The molecular weight excluding hydrogens is 180 g/mol. The zero-order valence-electron chi connectivity index (χ0n) is 8.37. The number of phenolic OH excluding ortho intramolecular Hbond substituents is 1. The molecular formula is C11H14O3. The highest BCUT2D eigenvalue weighted by Crippen LogP contribution is 2.23. The summed E-state index contributed by atoms with van der Waals surface area (Å²) < 4.78 is 0. The normalized spacial score (nSPS) is 10.2. The van der Waals surface area contributed by atoms with Crippen molar-refractivity contribution in [1.82, 2.24) is 0 Å². The lowest BCUT2D eigenvalue weighted by atomic mass is 10.0. The van der Waals surface area contributed by atoms with Gasteiger partial charge in [0.25, 0.3) is 0 Å². The smallest absolute Gasteiger partial charge is 0.165 e. The molecule has 0 spiro atoms. The van der Waals surface area contributed by atoms with Crippen LogP contribution in [0.2, 0.25) is 0 Å². The standard InChI is InChI=1S/C11H14O3/c1-7-5-9(10(13)3-4-12)6-8(2)11(7)14/h5-6,12,14H,3-4H2,1-2H3. The molecule has 0 aliphatic carbocycles.